The molecule has 2 aliphatic heterocycles. The monoisotopic (exact) mass is 791 g/mol. The highest BCUT2D eigenvalue weighted by Crippen LogP contribution is 2.36. The molecule has 56 heavy (non-hydrogen) atoms. The Morgan fingerprint density at radius 3 is 2.50 bits per heavy atom. The molecule has 2 aliphatic carbocycles. The Bertz CT molecular complexity index is 1940. The van der Waals surface area contributed by atoms with Crippen LogP contribution in [0.3, 0.4) is 0 Å². The van der Waals surface area contributed by atoms with Gasteiger partial charge in [0.15, 0.2) is 5.82 Å². The van der Waals surface area contributed by atoms with Gasteiger partial charge in [-0.3, -0.25) is 34.0 Å². The van der Waals surface area contributed by atoms with E-state index in [0.717, 1.165) is 66.6 Å². The third-order valence-electron chi connectivity index (χ3n) is 11.1. The average molecular weight is 792 g/mol. The van der Waals surface area contributed by atoms with Gasteiger partial charge in [-0.25, -0.2) is 14.4 Å². The first-order valence-corrected chi connectivity index (χ1v) is 20.5. The molecular formula is C38H50FN11O5S. The molecule has 3 aromatic rings. The van der Waals surface area contributed by atoms with Gasteiger partial charge in [0.05, 0.1) is 37.6 Å². The van der Waals surface area contributed by atoms with Crippen LogP contribution in [0, 0.1) is 11.7 Å². The van der Waals surface area contributed by atoms with Crippen molar-refractivity contribution in [2.75, 3.05) is 31.5 Å². The van der Waals surface area contributed by atoms with E-state index in [0.29, 0.717) is 36.9 Å². The van der Waals surface area contributed by atoms with E-state index in [2.05, 4.69) is 47.0 Å². The number of piperidine rings is 1. The maximum Gasteiger partial charge on any atom is 0.256 e. The predicted molar refractivity (Wildman–Crippen MR) is 206 cm³/mol. The van der Waals surface area contributed by atoms with Crippen LogP contribution in [-0.2, 0) is 45.7 Å². The Kier molecular flexibility index (Phi) is 12.7. The summed E-state index contributed by atoms with van der Waals surface area (Å²) in [5.41, 5.74) is 3.38. The summed E-state index contributed by atoms with van der Waals surface area (Å²) in [4.78, 5) is 72.8. The standard InChI is InChI=1S/C38H50FN11O5S/c1-49-30(14-22-4-5-22)25(15-45-49)35-28(39)16-44-38(48-35)46-24-8-6-23(7-9-24)42-19-34(53)41-13-3-2-12-40-18-33(52)43-17-31-26-20-50(37(55)27(26)21-56-31)29-10-11-32(51)47-36(29)54/h15-16,21-24,29,40,42H,2-14,17-20H2,1H3,(H,41,53)(H,43,52)(H,44,46,48)(H,47,51,54)/t23-,24-,29?. The number of nitrogens with zero attached hydrogens (tertiary/aromatic N) is 5. The molecule has 5 amide bonds. The molecule has 0 aromatic carbocycles. The molecule has 3 fully saturated rings. The van der Waals surface area contributed by atoms with Gasteiger partial charge >= 0.3 is 0 Å². The number of aromatic nitrogens is 4. The van der Waals surface area contributed by atoms with Crippen molar-refractivity contribution in [3.8, 4) is 11.3 Å². The van der Waals surface area contributed by atoms with Crippen molar-refractivity contribution >= 4 is 46.8 Å². The summed E-state index contributed by atoms with van der Waals surface area (Å²) in [6.07, 6.45) is 11.8. The van der Waals surface area contributed by atoms with Crippen molar-refractivity contribution in [1.82, 2.24) is 51.2 Å². The van der Waals surface area contributed by atoms with E-state index in [1.807, 2.05) is 11.7 Å². The summed E-state index contributed by atoms with van der Waals surface area (Å²) < 4.78 is 16.7. The molecule has 0 spiro atoms. The van der Waals surface area contributed by atoms with E-state index < -0.39 is 17.8 Å². The number of nitrogens with one attached hydrogen (secondary N) is 6. The number of unbranched alkanes of at least 4 members (excludes halogenated alkanes) is 1. The fourth-order valence-electron chi connectivity index (χ4n) is 7.65. The third-order valence-corrected chi connectivity index (χ3v) is 12.1. The first-order valence-electron chi connectivity index (χ1n) is 19.6. The topological polar surface area (TPSA) is 204 Å². The molecule has 6 N–H and O–H groups in total. The van der Waals surface area contributed by atoms with Crippen molar-refractivity contribution < 1.29 is 28.4 Å². The first kappa shape index (κ1) is 39.4. The van der Waals surface area contributed by atoms with Crippen molar-refractivity contribution in [3.05, 3.63) is 45.3 Å². The van der Waals surface area contributed by atoms with Crippen molar-refractivity contribution in [1.29, 1.82) is 0 Å². The maximum atomic E-state index is 14.8. The lowest BCUT2D eigenvalue weighted by molar-refractivity contribution is -0.137. The van der Waals surface area contributed by atoms with Crippen LogP contribution in [0.15, 0.2) is 17.8 Å². The Morgan fingerprint density at radius 2 is 1.71 bits per heavy atom. The number of thiophene rings is 1. The van der Waals surface area contributed by atoms with Crippen molar-refractivity contribution in [2.24, 2.45) is 13.0 Å². The number of anilines is 1. The number of fused-ring (bicyclic) bond motifs is 1. The van der Waals surface area contributed by atoms with Gasteiger partial charge in [0.1, 0.15) is 11.7 Å². The zero-order valence-electron chi connectivity index (χ0n) is 31.6. The zero-order valence-corrected chi connectivity index (χ0v) is 32.4. The Morgan fingerprint density at radius 1 is 0.946 bits per heavy atom. The van der Waals surface area contributed by atoms with Crippen molar-refractivity contribution in [2.45, 2.75) is 102 Å². The van der Waals surface area contributed by atoms with Gasteiger partial charge in [-0.1, -0.05) is 0 Å². The minimum Gasteiger partial charge on any atom is -0.355 e. The van der Waals surface area contributed by atoms with Gasteiger partial charge < -0.3 is 31.5 Å². The smallest absolute Gasteiger partial charge is 0.256 e. The Balaban J connectivity index is 0.723. The molecule has 1 atom stereocenters. The van der Waals surface area contributed by atoms with Crippen molar-refractivity contribution in [3.63, 3.8) is 0 Å². The predicted octanol–water partition coefficient (Wildman–Crippen LogP) is 1.91. The number of rotatable bonds is 18. The van der Waals surface area contributed by atoms with Gasteiger partial charge in [-0.05, 0) is 82.2 Å². The van der Waals surface area contributed by atoms with Crippen LogP contribution in [0.25, 0.3) is 11.3 Å². The minimum absolute atomic E-state index is 0.0525. The number of carbonyl (C=O) groups excluding carboxylic acids is 5. The van der Waals surface area contributed by atoms with E-state index in [1.54, 1.807) is 11.6 Å². The Labute approximate surface area is 328 Å². The average Bonchev–Trinajstić information content (AvgIpc) is 3.69. The fourth-order valence-corrected chi connectivity index (χ4v) is 8.62. The van der Waals surface area contributed by atoms with Crippen LogP contribution < -0.4 is 31.9 Å². The molecule has 1 saturated heterocycles. The lowest BCUT2D eigenvalue weighted by Gasteiger charge is -2.29. The Hall–Kier alpha value is -4.81. The summed E-state index contributed by atoms with van der Waals surface area (Å²) in [5, 5.41) is 24.2. The lowest BCUT2D eigenvalue weighted by atomic mass is 9.91. The third kappa shape index (κ3) is 9.76. The first-order chi connectivity index (χ1) is 27.1. The molecule has 18 heteroatoms. The molecule has 0 radical (unpaired) electrons. The van der Waals surface area contributed by atoms with E-state index in [-0.39, 0.29) is 74.0 Å². The highest BCUT2D eigenvalue weighted by Gasteiger charge is 2.40. The number of amides is 5. The highest BCUT2D eigenvalue weighted by molar-refractivity contribution is 7.10. The number of halogens is 1. The molecule has 0 bridgehead atoms. The van der Waals surface area contributed by atoms with Gasteiger partial charge in [0, 0.05) is 60.2 Å². The maximum absolute atomic E-state index is 14.8. The molecule has 16 nitrogen and oxygen atoms in total. The second-order valence-electron chi connectivity index (χ2n) is 15.2. The van der Waals surface area contributed by atoms with E-state index in [9.17, 15) is 28.4 Å². The molecule has 4 aliphatic rings. The van der Waals surface area contributed by atoms with Crippen LogP contribution in [0.4, 0.5) is 10.3 Å². The molecule has 5 heterocycles. The molecule has 2 saturated carbocycles. The van der Waals surface area contributed by atoms with Gasteiger partial charge in [-0.15, -0.1) is 11.3 Å². The zero-order chi connectivity index (χ0) is 39.2. The molecule has 7 rings (SSSR count). The van der Waals surface area contributed by atoms with E-state index in [4.69, 9.17) is 0 Å². The number of hydrogen-bond donors (Lipinski definition) is 6. The summed E-state index contributed by atoms with van der Waals surface area (Å²) in [5.74, 6) is -0.621. The van der Waals surface area contributed by atoms with Gasteiger partial charge in [0.25, 0.3) is 5.91 Å². The van der Waals surface area contributed by atoms with Crippen LogP contribution in [-0.4, -0.2) is 98.5 Å². The highest BCUT2D eigenvalue weighted by atomic mass is 32.1. The van der Waals surface area contributed by atoms with Crippen LogP contribution >= 0.6 is 11.3 Å². The molecule has 300 valence electrons. The summed E-state index contributed by atoms with van der Waals surface area (Å²) >= 11 is 1.41. The lowest BCUT2D eigenvalue weighted by Crippen LogP contribution is -2.52. The van der Waals surface area contributed by atoms with Crippen LogP contribution in [0.1, 0.15) is 90.7 Å². The van der Waals surface area contributed by atoms with Crippen LogP contribution in [0.2, 0.25) is 0 Å². The number of imide groups is 1. The number of hydrogen-bond acceptors (Lipinski definition) is 12. The van der Waals surface area contributed by atoms with Gasteiger partial charge in [-0.2, -0.15) is 5.10 Å². The largest absolute Gasteiger partial charge is 0.355 e. The fraction of sp³-hybridized carbons (Fsp3) is 0.579. The number of aryl methyl sites for hydroxylation is 1. The normalized spacial score (nSPS) is 20.9. The summed E-state index contributed by atoms with van der Waals surface area (Å²) in [6.45, 7) is 2.13. The van der Waals surface area contributed by atoms with Gasteiger partial charge in [0.2, 0.25) is 29.6 Å². The number of carbonyl (C=O) groups is 5. The van der Waals surface area contributed by atoms with E-state index >= 15 is 0 Å². The molecular weight excluding hydrogens is 742 g/mol. The second-order valence-corrected chi connectivity index (χ2v) is 16.2. The summed E-state index contributed by atoms with van der Waals surface area (Å²) in [7, 11) is 1.89. The molecule has 1 unspecified atom stereocenters. The second kappa shape index (κ2) is 18.0. The van der Waals surface area contributed by atoms with Crippen LogP contribution in [0.5, 0.6) is 0 Å². The SMILES string of the molecule is Cn1ncc(-c2nc(N[C@H]3CC[C@H](NCC(=O)NCCCCNCC(=O)NCc4scc5c4CN(C4CCC(=O)NC4=O)C5=O)CC3)ncc2F)c1CC1CC1. The minimum atomic E-state index is -0.667. The summed E-state index contributed by atoms with van der Waals surface area (Å²) in [6, 6.07) is -0.275. The van der Waals surface area contributed by atoms with E-state index in [1.165, 1.54) is 35.3 Å². The molecule has 3 aromatic heterocycles. The quantitative estimate of drug-likeness (QED) is 0.0812.